The molecule has 0 aromatic heterocycles. The lowest BCUT2D eigenvalue weighted by molar-refractivity contribution is -0.360. The Morgan fingerprint density at radius 3 is 1.76 bits per heavy atom. The molecule has 0 amide bonds. The number of nitrogens with one attached hydrogen (secondary N) is 1. The predicted molar refractivity (Wildman–Crippen MR) is 60.7 cm³/mol. The molecule has 0 aliphatic rings. The fourth-order valence-corrected chi connectivity index (χ4v) is 1.72. The van der Waals surface area contributed by atoms with E-state index in [-0.39, 0.29) is 5.75 Å². The van der Waals surface area contributed by atoms with Gasteiger partial charge in [0.2, 0.25) is 0 Å². The van der Waals surface area contributed by atoms with Gasteiger partial charge in [0, 0.05) is 0 Å². The average molecular weight is 319 g/mol. The minimum atomic E-state index is -6.36. The van der Waals surface area contributed by atoms with Gasteiger partial charge in [-0.1, -0.05) is 12.1 Å². The number of methoxy groups -OCH3 is 1. The van der Waals surface area contributed by atoms with E-state index in [1.807, 2.05) is 0 Å². The van der Waals surface area contributed by atoms with Gasteiger partial charge in [0.15, 0.2) is 0 Å². The van der Waals surface area contributed by atoms with Crippen LogP contribution in [0.4, 0.5) is 30.7 Å². The first-order valence-electron chi connectivity index (χ1n) is 5.62. The molecule has 1 aromatic carbocycles. The van der Waals surface area contributed by atoms with Crippen LogP contribution in [0.15, 0.2) is 24.3 Å². The van der Waals surface area contributed by atoms with Crippen LogP contribution in [-0.2, 0) is 0 Å². The van der Waals surface area contributed by atoms with E-state index < -0.39 is 29.6 Å². The van der Waals surface area contributed by atoms with Gasteiger partial charge in [-0.25, -0.2) is 0 Å². The molecular formula is C12H12F7NO. The summed E-state index contributed by atoms with van der Waals surface area (Å²) in [7, 11) is 2.16. The van der Waals surface area contributed by atoms with Crippen LogP contribution in [0.25, 0.3) is 0 Å². The quantitative estimate of drug-likeness (QED) is 0.834. The molecule has 0 aliphatic heterocycles. The molecule has 0 saturated heterocycles. The fourth-order valence-electron chi connectivity index (χ4n) is 1.72. The molecule has 9 heteroatoms. The number of halogens is 7. The van der Waals surface area contributed by atoms with Gasteiger partial charge >= 0.3 is 18.0 Å². The van der Waals surface area contributed by atoms with Crippen molar-refractivity contribution in [2.45, 2.75) is 24.1 Å². The number of benzene rings is 1. The molecule has 1 rings (SSSR count). The summed E-state index contributed by atoms with van der Waals surface area (Å²) in [6.07, 6.45) is -6.36. The summed E-state index contributed by atoms with van der Waals surface area (Å²) in [6.45, 7) is 0. The van der Waals surface area contributed by atoms with E-state index in [2.05, 4.69) is 0 Å². The third-order valence-corrected chi connectivity index (χ3v) is 2.88. The standard InChI is InChI=1S/C12H12F7NO/c1-20-9(7-3-5-8(21-2)6-4-7)10(13,14)11(15,16)12(17,18)19/h3-6,9,20H,1-2H3/t9-/m1/s1. The molecule has 1 aromatic rings. The summed E-state index contributed by atoms with van der Waals surface area (Å²) < 4.78 is 94.7. The second-order valence-electron chi connectivity index (χ2n) is 4.19. The lowest BCUT2D eigenvalue weighted by Crippen LogP contribution is -2.57. The van der Waals surface area contributed by atoms with Gasteiger partial charge in [-0.05, 0) is 24.7 Å². The largest absolute Gasteiger partial charge is 0.497 e. The third-order valence-electron chi connectivity index (χ3n) is 2.88. The van der Waals surface area contributed by atoms with E-state index in [1.165, 1.54) is 19.2 Å². The van der Waals surface area contributed by atoms with Gasteiger partial charge in [-0.15, -0.1) is 0 Å². The Labute approximate surface area is 115 Å². The summed E-state index contributed by atoms with van der Waals surface area (Å²) in [6, 6.07) is 1.82. The fraction of sp³-hybridized carbons (Fsp3) is 0.500. The van der Waals surface area contributed by atoms with Gasteiger partial charge < -0.3 is 10.1 Å². The first-order chi connectivity index (χ1) is 9.49. The van der Waals surface area contributed by atoms with Crippen molar-refractivity contribution in [2.75, 3.05) is 14.2 Å². The maximum absolute atomic E-state index is 13.7. The van der Waals surface area contributed by atoms with E-state index >= 15 is 0 Å². The molecule has 0 radical (unpaired) electrons. The molecule has 21 heavy (non-hydrogen) atoms. The van der Waals surface area contributed by atoms with E-state index in [4.69, 9.17) is 4.74 Å². The molecular weight excluding hydrogens is 307 g/mol. The predicted octanol–water partition coefficient (Wildman–Crippen LogP) is 3.79. The highest BCUT2D eigenvalue weighted by Crippen LogP contribution is 2.51. The first kappa shape index (κ1) is 17.5. The zero-order valence-electron chi connectivity index (χ0n) is 10.9. The molecule has 1 N–H and O–H groups in total. The van der Waals surface area contributed by atoms with Gasteiger partial charge in [0.05, 0.1) is 7.11 Å². The smallest absolute Gasteiger partial charge is 0.459 e. The highest BCUT2D eigenvalue weighted by atomic mass is 19.4. The van der Waals surface area contributed by atoms with Crippen molar-refractivity contribution in [1.82, 2.24) is 5.32 Å². The SMILES string of the molecule is CN[C@H](c1ccc(OC)cc1)C(F)(F)C(F)(F)C(F)(F)F. The summed E-state index contributed by atoms with van der Waals surface area (Å²) in [5.41, 5.74) is -0.424. The van der Waals surface area contributed by atoms with Crippen molar-refractivity contribution in [1.29, 1.82) is 0 Å². The summed E-state index contributed by atoms with van der Waals surface area (Å²) in [5.74, 6) is -11.3. The molecule has 2 nitrogen and oxygen atoms in total. The van der Waals surface area contributed by atoms with Crippen LogP contribution >= 0.6 is 0 Å². The maximum atomic E-state index is 13.7. The number of hydrogen-bond acceptors (Lipinski definition) is 2. The van der Waals surface area contributed by atoms with Crippen LogP contribution in [0.5, 0.6) is 5.75 Å². The monoisotopic (exact) mass is 319 g/mol. The molecule has 120 valence electrons. The highest BCUT2D eigenvalue weighted by Gasteiger charge is 2.75. The molecule has 0 bridgehead atoms. The molecule has 0 heterocycles. The van der Waals surface area contributed by atoms with Gasteiger partial charge in [0.25, 0.3) is 0 Å². The zero-order valence-corrected chi connectivity index (χ0v) is 10.9. The van der Waals surface area contributed by atoms with Gasteiger partial charge in [-0.3, -0.25) is 0 Å². The van der Waals surface area contributed by atoms with E-state index in [9.17, 15) is 30.7 Å². The average Bonchev–Trinajstić information content (AvgIpc) is 2.38. The van der Waals surface area contributed by atoms with Crippen molar-refractivity contribution in [3.8, 4) is 5.75 Å². The lowest BCUT2D eigenvalue weighted by atomic mass is 9.95. The van der Waals surface area contributed by atoms with E-state index in [1.54, 1.807) is 5.32 Å². The molecule has 0 spiro atoms. The van der Waals surface area contributed by atoms with Crippen molar-refractivity contribution in [3.05, 3.63) is 29.8 Å². The van der Waals surface area contributed by atoms with Crippen LogP contribution in [0.2, 0.25) is 0 Å². The van der Waals surface area contributed by atoms with Crippen molar-refractivity contribution in [3.63, 3.8) is 0 Å². The van der Waals surface area contributed by atoms with Crippen molar-refractivity contribution >= 4 is 0 Å². The summed E-state index contributed by atoms with van der Waals surface area (Å²) in [4.78, 5) is 0. The van der Waals surface area contributed by atoms with Crippen LogP contribution in [0, 0.1) is 0 Å². The van der Waals surface area contributed by atoms with Crippen molar-refractivity contribution in [2.24, 2.45) is 0 Å². The van der Waals surface area contributed by atoms with E-state index in [0.29, 0.717) is 0 Å². The maximum Gasteiger partial charge on any atom is 0.459 e. The van der Waals surface area contributed by atoms with Crippen LogP contribution < -0.4 is 10.1 Å². The first-order valence-corrected chi connectivity index (χ1v) is 5.62. The van der Waals surface area contributed by atoms with Crippen LogP contribution in [-0.4, -0.2) is 32.2 Å². The second kappa shape index (κ2) is 5.70. The number of ether oxygens (including phenoxy) is 1. The Balaban J connectivity index is 3.23. The summed E-state index contributed by atoms with van der Waals surface area (Å²) >= 11 is 0. The normalized spacial score (nSPS) is 14.9. The Kier molecular flexibility index (Phi) is 4.76. The van der Waals surface area contributed by atoms with Gasteiger partial charge in [0.1, 0.15) is 11.8 Å². The van der Waals surface area contributed by atoms with Crippen molar-refractivity contribution < 1.29 is 35.5 Å². The lowest BCUT2D eigenvalue weighted by Gasteiger charge is -2.34. The number of rotatable bonds is 5. The van der Waals surface area contributed by atoms with Crippen LogP contribution in [0.1, 0.15) is 11.6 Å². The Bertz CT molecular complexity index is 469. The number of alkyl halides is 7. The summed E-state index contributed by atoms with van der Waals surface area (Å²) in [5, 5.41) is 1.80. The zero-order chi connectivity index (χ0) is 16.5. The molecule has 0 unspecified atom stereocenters. The molecule has 0 fully saturated rings. The molecule has 0 saturated carbocycles. The molecule has 1 atom stereocenters. The highest BCUT2D eigenvalue weighted by molar-refractivity contribution is 5.31. The Hall–Kier alpha value is -1.51. The molecule has 0 aliphatic carbocycles. The minimum absolute atomic E-state index is 0.250. The minimum Gasteiger partial charge on any atom is -0.497 e. The van der Waals surface area contributed by atoms with E-state index in [0.717, 1.165) is 19.2 Å². The van der Waals surface area contributed by atoms with Crippen LogP contribution in [0.3, 0.4) is 0 Å². The number of hydrogen-bond donors (Lipinski definition) is 1. The van der Waals surface area contributed by atoms with Gasteiger partial charge in [-0.2, -0.15) is 30.7 Å². The Morgan fingerprint density at radius 1 is 0.952 bits per heavy atom. The Morgan fingerprint density at radius 2 is 1.43 bits per heavy atom. The third kappa shape index (κ3) is 3.07. The topological polar surface area (TPSA) is 21.3 Å². The second-order valence-corrected chi connectivity index (χ2v) is 4.19.